The SMILES string of the molecule is CC/C=C\C/C=C\C/C=C\C/C=C\C/C=C\CC(=O)OCC(COC1OC(C(=O)O)C(O)C(O)C1OC(=O)CCCCCCCC/C=C\C/C=C\C/C=C\CCCCC)OC(=O)C/C=C\C/C=C\C/C=C\C/C=C\C/C=C\CC. The quantitative estimate of drug-likeness (QED) is 0.0228. The van der Waals surface area contributed by atoms with Gasteiger partial charge in [-0.15, -0.1) is 0 Å². The molecule has 1 aliphatic rings. The van der Waals surface area contributed by atoms with Crippen LogP contribution in [0.2, 0.25) is 0 Å². The van der Waals surface area contributed by atoms with Gasteiger partial charge in [-0.3, -0.25) is 14.4 Å². The zero-order valence-electron chi connectivity index (χ0n) is 48.3. The molecule has 1 saturated heterocycles. The Morgan fingerprint density at radius 2 is 0.835 bits per heavy atom. The van der Waals surface area contributed by atoms with Crippen molar-refractivity contribution in [3.05, 3.63) is 158 Å². The zero-order valence-corrected chi connectivity index (χ0v) is 48.3. The molecule has 0 spiro atoms. The van der Waals surface area contributed by atoms with Crippen molar-refractivity contribution in [2.75, 3.05) is 13.2 Å². The van der Waals surface area contributed by atoms with Crippen LogP contribution in [0.3, 0.4) is 0 Å². The normalized spacial score (nSPS) is 19.0. The van der Waals surface area contributed by atoms with Crippen LogP contribution < -0.4 is 0 Å². The molecule has 3 N–H and O–H groups in total. The summed E-state index contributed by atoms with van der Waals surface area (Å²) in [6.45, 7) is 5.53. The number of carbonyl (C=O) groups is 4. The van der Waals surface area contributed by atoms with E-state index in [0.717, 1.165) is 109 Å². The number of carboxylic acids is 1. The number of hydrogen-bond donors (Lipinski definition) is 3. The minimum Gasteiger partial charge on any atom is -0.479 e. The Kier molecular flexibility index (Phi) is 47.9. The third-order valence-electron chi connectivity index (χ3n) is 12.1. The fourth-order valence-electron chi connectivity index (χ4n) is 7.70. The van der Waals surface area contributed by atoms with E-state index in [9.17, 15) is 34.5 Å². The second-order valence-corrected chi connectivity index (χ2v) is 19.2. The summed E-state index contributed by atoms with van der Waals surface area (Å²) in [6, 6.07) is 0. The van der Waals surface area contributed by atoms with Gasteiger partial charge >= 0.3 is 23.9 Å². The number of allylic oxidation sites excluding steroid dienone is 24. The summed E-state index contributed by atoms with van der Waals surface area (Å²) >= 11 is 0. The van der Waals surface area contributed by atoms with Crippen LogP contribution in [0.5, 0.6) is 0 Å². The molecule has 0 radical (unpaired) electrons. The Morgan fingerprint density at radius 1 is 0.443 bits per heavy atom. The van der Waals surface area contributed by atoms with Crippen LogP contribution in [-0.2, 0) is 42.9 Å². The first-order valence-electron chi connectivity index (χ1n) is 29.5. The molecule has 1 heterocycles. The van der Waals surface area contributed by atoms with E-state index < -0.39 is 73.9 Å². The number of aliphatic carboxylic acids is 1. The fraction of sp³-hybridized carbons (Fsp3) is 0.552. The number of aliphatic hydroxyl groups is 2. The van der Waals surface area contributed by atoms with E-state index in [2.05, 4.69) is 130 Å². The average molecular weight is 1100 g/mol. The highest BCUT2D eigenvalue weighted by Gasteiger charge is 2.50. The number of carbonyl (C=O) groups excluding carboxylic acids is 3. The maximum absolute atomic E-state index is 13.1. The van der Waals surface area contributed by atoms with Gasteiger partial charge in [0.15, 0.2) is 24.6 Å². The highest BCUT2D eigenvalue weighted by atomic mass is 16.7. The van der Waals surface area contributed by atoms with Gasteiger partial charge in [0.1, 0.15) is 18.8 Å². The van der Waals surface area contributed by atoms with Crippen molar-refractivity contribution in [2.45, 2.75) is 225 Å². The monoisotopic (exact) mass is 1100 g/mol. The van der Waals surface area contributed by atoms with Crippen LogP contribution in [0.25, 0.3) is 0 Å². The van der Waals surface area contributed by atoms with Crippen LogP contribution in [0, 0.1) is 0 Å². The molecule has 12 nitrogen and oxygen atoms in total. The summed E-state index contributed by atoms with van der Waals surface area (Å²) in [5.74, 6) is -3.50. The number of hydrogen-bond acceptors (Lipinski definition) is 11. The molecular weight excluding hydrogens is 997 g/mol. The summed E-state index contributed by atoms with van der Waals surface area (Å²) in [7, 11) is 0. The van der Waals surface area contributed by atoms with Gasteiger partial charge in [-0.1, -0.05) is 217 Å². The van der Waals surface area contributed by atoms with Gasteiger partial charge in [-0.2, -0.15) is 0 Å². The summed E-state index contributed by atoms with van der Waals surface area (Å²) < 4.78 is 28.1. The first kappa shape index (κ1) is 71.4. The molecule has 0 aromatic heterocycles. The van der Waals surface area contributed by atoms with E-state index in [4.69, 9.17) is 23.7 Å². The summed E-state index contributed by atoms with van der Waals surface area (Å²) in [5, 5.41) is 31.5. The van der Waals surface area contributed by atoms with Crippen molar-refractivity contribution in [3.63, 3.8) is 0 Å². The Hall–Kier alpha value is -5.66. The maximum Gasteiger partial charge on any atom is 0.335 e. The van der Waals surface area contributed by atoms with E-state index in [-0.39, 0.29) is 19.3 Å². The van der Waals surface area contributed by atoms with Gasteiger partial charge < -0.3 is 39.0 Å². The lowest BCUT2D eigenvalue weighted by Gasteiger charge is -2.40. The Bertz CT molecular complexity index is 1980. The zero-order chi connectivity index (χ0) is 57.5. The van der Waals surface area contributed by atoms with E-state index in [1.54, 1.807) is 12.2 Å². The second-order valence-electron chi connectivity index (χ2n) is 19.2. The molecule has 12 heteroatoms. The second kappa shape index (κ2) is 53.0. The number of rotatable bonds is 47. The molecule has 6 unspecified atom stereocenters. The Morgan fingerprint density at radius 3 is 1.28 bits per heavy atom. The lowest BCUT2D eigenvalue weighted by Crippen LogP contribution is -2.61. The molecule has 440 valence electrons. The average Bonchev–Trinajstić information content (AvgIpc) is 3.46. The molecule has 0 saturated carbocycles. The van der Waals surface area contributed by atoms with E-state index in [1.165, 1.54) is 19.3 Å². The summed E-state index contributed by atoms with van der Waals surface area (Å²) in [5.41, 5.74) is 0. The third kappa shape index (κ3) is 42.9. The number of esters is 3. The minimum atomic E-state index is -1.94. The Balaban J connectivity index is 2.80. The van der Waals surface area contributed by atoms with E-state index in [1.807, 2.05) is 36.5 Å². The predicted octanol–water partition coefficient (Wildman–Crippen LogP) is 15.3. The summed E-state index contributed by atoms with van der Waals surface area (Å²) in [4.78, 5) is 51.0. The lowest BCUT2D eigenvalue weighted by atomic mass is 9.98. The summed E-state index contributed by atoms with van der Waals surface area (Å²) in [6.07, 6.45) is 65.5. The molecule has 79 heavy (non-hydrogen) atoms. The number of aliphatic hydroxyl groups excluding tert-OH is 2. The topological polar surface area (TPSA) is 175 Å². The van der Waals surface area contributed by atoms with Crippen molar-refractivity contribution in [1.82, 2.24) is 0 Å². The van der Waals surface area contributed by atoms with Crippen molar-refractivity contribution in [3.8, 4) is 0 Å². The standard InChI is InChI=1S/C67H100O12/c1-4-7-10-13-16-19-22-25-28-29-30-31-34-37-40-43-46-49-52-55-61(70)78-65-63(72)62(71)64(66(73)74)79-67(65)76-57-58(77-60(69)54-51-48-45-42-39-36-33-27-24-21-18-15-12-9-6-3)56-75-59(68)53-50-47-44-41-38-35-32-26-23-20-17-14-11-8-5-2/h8-9,11-12,16-21,25-28,30-33,38-39,41-42,47-48,50-51,58,62-65,67,71-72H,4-7,10,13-15,22-24,29,34-37,40,43-46,49,52-57H2,1-3H3,(H,73,74)/b11-8-,12-9-,19-16-,20-17-,21-18-,28-25-,31-30-,32-26-,33-27-,41-38-,42-39-,50-47-,51-48-. The van der Waals surface area contributed by atoms with Gasteiger partial charge in [0, 0.05) is 6.42 Å². The molecule has 0 bridgehead atoms. The van der Waals surface area contributed by atoms with Gasteiger partial charge in [0.05, 0.1) is 19.4 Å². The van der Waals surface area contributed by atoms with Gasteiger partial charge in [-0.05, 0) is 109 Å². The molecule has 6 atom stereocenters. The van der Waals surface area contributed by atoms with Crippen molar-refractivity contribution >= 4 is 23.9 Å². The third-order valence-corrected chi connectivity index (χ3v) is 12.1. The van der Waals surface area contributed by atoms with Crippen molar-refractivity contribution < 1.29 is 58.2 Å². The maximum atomic E-state index is 13.1. The van der Waals surface area contributed by atoms with Gasteiger partial charge in [0.25, 0.3) is 0 Å². The molecule has 1 aliphatic heterocycles. The van der Waals surface area contributed by atoms with Crippen molar-refractivity contribution in [2.24, 2.45) is 0 Å². The lowest BCUT2D eigenvalue weighted by molar-refractivity contribution is -0.301. The number of ether oxygens (including phenoxy) is 5. The fourth-order valence-corrected chi connectivity index (χ4v) is 7.70. The van der Waals surface area contributed by atoms with Crippen LogP contribution in [-0.4, -0.2) is 89.2 Å². The van der Waals surface area contributed by atoms with Gasteiger partial charge in [0.2, 0.25) is 0 Å². The highest BCUT2D eigenvalue weighted by molar-refractivity contribution is 5.74. The highest BCUT2D eigenvalue weighted by Crippen LogP contribution is 2.26. The Labute approximate surface area is 475 Å². The van der Waals surface area contributed by atoms with E-state index in [0.29, 0.717) is 19.3 Å². The first-order chi connectivity index (χ1) is 38.6. The molecule has 0 aromatic carbocycles. The van der Waals surface area contributed by atoms with Crippen LogP contribution in [0.4, 0.5) is 0 Å². The van der Waals surface area contributed by atoms with E-state index >= 15 is 0 Å². The molecule has 0 aromatic rings. The van der Waals surface area contributed by atoms with Crippen LogP contribution in [0.1, 0.15) is 188 Å². The van der Waals surface area contributed by atoms with Gasteiger partial charge in [-0.25, -0.2) is 4.79 Å². The molecule has 0 amide bonds. The molecule has 1 rings (SSSR count). The minimum absolute atomic E-state index is 0.0170. The van der Waals surface area contributed by atoms with Crippen LogP contribution in [0.15, 0.2) is 158 Å². The first-order valence-corrected chi connectivity index (χ1v) is 29.5. The van der Waals surface area contributed by atoms with Crippen molar-refractivity contribution in [1.29, 1.82) is 0 Å². The molecular formula is C67H100O12. The molecule has 1 fully saturated rings. The largest absolute Gasteiger partial charge is 0.479 e. The van der Waals surface area contributed by atoms with Crippen LogP contribution >= 0.6 is 0 Å². The number of carboxylic acid groups (broad SMARTS) is 1. The molecule has 0 aliphatic carbocycles. The smallest absolute Gasteiger partial charge is 0.335 e. The predicted molar refractivity (Wildman–Crippen MR) is 321 cm³/mol. The number of unbranched alkanes of at least 4 members (excludes halogenated alkanes) is 9.